The maximum absolute atomic E-state index is 11.2. The zero-order valence-corrected chi connectivity index (χ0v) is 7.31. The van der Waals surface area contributed by atoms with Gasteiger partial charge in [-0.05, 0) is 18.6 Å². The van der Waals surface area contributed by atoms with Gasteiger partial charge in [-0.2, -0.15) is 0 Å². The van der Waals surface area contributed by atoms with Gasteiger partial charge in [-0.1, -0.05) is 17.7 Å². The maximum atomic E-state index is 11.2. The number of fused-ring (bicyclic) bond motifs is 1. The molecule has 3 heteroatoms. The summed E-state index contributed by atoms with van der Waals surface area (Å²) in [5.74, 6) is -0.259. The van der Waals surface area contributed by atoms with Gasteiger partial charge in [0.15, 0.2) is 0 Å². The van der Waals surface area contributed by atoms with Crippen molar-refractivity contribution in [2.45, 2.75) is 13.5 Å². The second-order valence-corrected chi connectivity index (χ2v) is 3.19. The number of ether oxygens (including phenoxy) is 1. The van der Waals surface area contributed by atoms with E-state index in [4.69, 9.17) is 16.3 Å². The van der Waals surface area contributed by atoms with Crippen LogP contribution in [0, 0.1) is 6.92 Å². The van der Waals surface area contributed by atoms with Crippen molar-refractivity contribution in [3.8, 4) is 0 Å². The van der Waals surface area contributed by atoms with Crippen LogP contribution in [-0.4, -0.2) is 5.97 Å². The van der Waals surface area contributed by atoms with Gasteiger partial charge in [0, 0.05) is 10.6 Å². The lowest BCUT2D eigenvalue weighted by Gasteiger charge is -2.00. The van der Waals surface area contributed by atoms with E-state index < -0.39 is 0 Å². The average molecular weight is 183 g/mol. The molecule has 1 aliphatic heterocycles. The average Bonchev–Trinajstić information content (AvgIpc) is 2.41. The standard InChI is InChI=1S/C9H7ClO2/c1-5-7(10)3-2-6-4-12-9(11)8(5)6/h2-3H,4H2,1H3. The number of carbonyl (C=O) groups is 1. The second kappa shape index (κ2) is 2.49. The van der Waals surface area contributed by atoms with Crippen molar-refractivity contribution in [3.05, 3.63) is 33.8 Å². The van der Waals surface area contributed by atoms with Gasteiger partial charge in [0.05, 0.1) is 5.56 Å². The van der Waals surface area contributed by atoms with Crippen molar-refractivity contribution in [3.63, 3.8) is 0 Å². The minimum Gasteiger partial charge on any atom is -0.457 e. The van der Waals surface area contributed by atoms with Crippen LogP contribution in [0.15, 0.2) is 12.1 Å². The highest BCUT2D eigenvalue weighted by molar-refractivity contribution is 6.31. The summed E-state index contributed by atoms with van der Waals surface area (Å²) in [4.78, 5) is 11.2. The molecule has 62 valence electrons. The first kappa shape index (κ1) is 7.62. The van der Waals surface area contributed by atoms with Crippen molar-refractivity contribution in [1.29, 1.82) is 0 Å². The van der Waals surface area contributed by atoms with Crippen molar-refractivity contribution < 1.29 is 9.53 Å². The van der Waals surface area contributed by atoms with Crippen LogP contribution in [0.2, 0.25) is 5.02 Å². The summed E-state index contributed by atoms with van der Waals surface area (Å²) in [6, 6.07) is 3.62. The molecule has 2 rings (SSSR count). The van der Waals surface area contributed by atoms with Crippen LogP contribution in [0.3, 0.4) is 0 Å². The molecular weight excluding hydrogens is 176 g/mol. The summed E-state index contributed by atoms with van der Waals surface area (Å²) in [6.45, 7) is 2.21. The minimum atomic E-state index is -0.259. The van der Waals surface area contributed by atoms with E-state index in [1.807, 2.05) is 13.0 Å². The monoisotopic (exact) mass is 182 g/mol. The summed E-state index contributed by atoms with van der Waals surface area (Å²) in [7, 11) is 0. The molecule has 0 N–H and O–H groups in total. The van der Waals surface area contributed by atoms with Crippen molar-refractivity contribution in [2.75, 3.05) is 0 Å². The Morgan fingerprint density at radius 2 is 2.25 bits per heavy atom. The third-order valence-corrected chi connectivity index (χ3v) is 2.46. The fourth-order valence-electron chi connectivity index (χ4n) is 1.36. The van der Waals surface area contributed by atoms with E-state index in [9.17, 15) is 4.79 Å². The highest BCUT2D eigenvalue weighted by Crippen LogP contribution is 2.27. The molecular formula is C9H7ClO2. The molecule has 0 aliphatic carbocycles. The van der Waals surface area contributed by atoms with Crippen LogP contribution >= 0.6 is 11.6 Å². The Kier molecular flexibility index (Phi) is 1.58. The molecule has 0 unspecified atom stereocenters. The van der Waals surface area contributed by atoms with Crippen LogP contribution in [0.4, 0.5) is 0 Å². The van der Waals surface area contributed by atoms with Crippen LogP contribution in [0.5, 0.6) is 0 Å². The Balaban J connectivity index is 2.71. The molecule has 2 nitrogen and oxygen atoms in total. The molecule has 0 fully saturated rings. The van der Waals surface area contributed by atoms with Crippen molar-refractivity contribution in [2.24, 2.45) is 0 Å². The van der Waals surface area contributed by atoms with E-state index in [0.29, 0.717) is 17.2 Å². The molecule has 0 bridgehead atoms. The molecule has 1 aliphatic rings. The lowest BCUT2D eigenvalue weighted by atomic mass is 10.0. The lowest BCUT2D eigenvalue weighted by molar-refractivity contribution is 0.0534. The first-order valence-corrected chi connectivity index (χ1v) is 4.03. The highest BCUT2D eigenvalue weighted by atomic mass is 35.5. The number of esters is 1. The molecule has 0 aromatic heterocycles. The molecule has 0 atom stereocenters. The summed E-state index contributed by atoms with van der Waals surface area (Å²) >= 11 is 5.85. The molecule has 0 amide bonds. The molecule has 0 radical (unpaired) electrons. The smallest absolute Gasteiger partial charge is 0.339 e. The van der Waals surface area contributed by atoms with Gasteiger partial charge in [-0.25, -0.2) is 4.79 Å². The topological polar surface area (TPSA) is 26.3 Å². The SMILES string of the molecule is Cc1c(Cl)ccc2c1C(=O)OC2. The first-order chi connectivity index (χ1) is 5.70. The van der Waals surface area contributed by atoms with Crippen LogP contribution in [0.1, 0.15) is 21.5 Å². The van der Waals surface area contributed by atoms with Gasteiger partial charge < -0.3 is 4.74 Å². The summed E-state index contributed by atoms with van der Waals surface area (Å²) in [5.41, 5.74) is 2.39. The van der Waals surface area contributed by atoms with E-state index in [1.54, 1.807) is 6.07 Å². The van der Waals surface area contributed by atoms with Gasteiger partial charge in [0.1, 0.15) is 6.61 Å². The van der Waals surface area contributed by atoms with E-state index in [2.05, 4.69) is 0 Å². The number of hydrogen-bond acceptors (Lipinski definition) is 2. The lowest BCUT2D eigenvalue weighted by Crippen LogP contribution is -1.97. The highest BCUT2D eigenvalue weighted by Gasteiger charge is 2.23. The molecule has 1 heterocycles. The third kappa shape index (κ3) is 0.916. The Labute approximate surface area is 75.1 Å². The molecule has 0 saturated heterocycles. The quantitative estimate of drug-likeness (QED) is 0.576. The van der Waals surface area contributed by atoms with Crippen molar-refractivity contribution >= 4 is 17.6 Å². The number of cyclic esters (lactones) is 1. The molecule has 0 saturated carbocycles. The largest absolute Gasteiger partial charge is 0.457 e. The van der Waals surface area contributed by atoms with E-state index in [1.165, 1.54) is 0 Å². The molecule has 0 spiro atoms. The van der Waals surface area contributed by atoms with E-state index >= 15 is 0 Å². The Hall–Kier alpha value is -1.02. The molecule has 12 heavy (non-hydrogen) atoms. The Bertz CT molecular complexity index is 358. The second-order valence-electron chi connectivity index (χ2n) is 2.78. The van der Waals surface area contributed by atoms with E-state index in [-0.39, 0.29) is 5.97 Å². The number of carbonyl (C=O) groups excluding carboxylic acids is 1. The fourth-order valence-corrected chi connectivity index (χ4v) is 1.52. The summed E-state index contributed by atoms with van der Waals surface area (Å²) in [6.07, 6.45) is 0. The van der Waals surface area contributed by atoms with Crippen LogP contribution < -0.4 is 0 Å². The number of hydrogen-bond donors (Lipinski definition) is 0. The molecule has 1 aromatic carbocycles. The Morgan fingerprint density at radius 3 is 3.00 bits per heavy atom. The normalized spacial score (nSPS) is 14.3. The Morgan fingerprint density at radius 1 is 1.50 bits per heavy atom. The van der Waals surface area contributed by atoms with Gasteiger partial charge in [-0.15, -0.1) is 0 Å². The third-order valence-electron chi connectivity index (χ3n) is 2.05. The number of rotatable bonds is 0. The summed E-state index contributed by atoms with van der Waals surface area (Å²) in [5, 5.41) is 0.618. The van der Waals surface area contributed by atoms with Gasteiger partial charge in [0.2, 0.25) is 0 Å². The van der Waals surface area contributed by atoms with Crippen LogP contribution in [0.25, 0.3) is 0 Å². The fraction of sp³-hybridized carbons (Fsp3) is 0.222. The first-order valence-electron chi connectivity index (χ1n) is 3.65. The van der Waals surface area contributed by atoms with Gasteiger partial charge in [-0.3, -0.25) is 0 Å². The molecule has 1 aromatic rings. The number of benzene rings is 1. The number of halogens is 1. The zero-order chi connectivity index (χ0) is 8.72. The predicted molar refractivity (Wildman–Crippen MR) is 45.3 cm³/mol. The van der Waals surface area contributed by atoms with Gasteiger partial charge >= 0.3 is 5.97 Å². The predicted octanol–water partition coefficient (Wildman–Crippen LogP) is 2.32. The van der Waals surface area contributed by atoms with Gasteiger partial charge in [0.25, 0.3) is 0 Å². The zero-order valence-electron chi connectivity index (χ0n) is 6.56. The van der Waals surface area contributed by atoms with Crippen molar-refractivity contribution in [1.82, 2.24) is 0 Å². The minimum absolute atomic E-state index is 0.259. The maximum Gasteiger partial charge on any atom is 0.339 e. The summed E-state index contributed by atoms with van der Waals surface area (Å²) < 4.78 is 4.86. The van der Waals surface area contributed by atoms with E-state index in [0.717, 1.165) is 11.1 Å². The van der Waals surface area contributed by atoms with Crippen LogP contribution in [-0.2, 0) is 11.3 Å².